The van der Waals surface area contributed by atoms with Crippen molar-refractivity contribution < 1.29 is 27.8 Å². The molecule has 15 heteroatoms. The molecule has 6 heterocycles. The minimum Gasteiger partial charge on any atom is -0.473 e. The number of nitrogens with one attached hydrogen (secondary N) is 1. The molecule has 2 saturated heterocycles. The summed E-state index contributed by atoms with van der Waals surface area (Å²) in [6.45, 7) is 0.866. The molecule has 2 unspecified atom stereocenters. The molecule has 1 saturated carbocycles. The fraction of sp³-hybridized carbons (Fsp3) is 0.438. The molecule has 8 rings (SSSR count). The quantitative estimate of drug-likeness (QED) is 0.251. The molecule has 4 aromatic rings. The predicted molar refractivity (Wildman–Crippen MR) is 163 cm³/mol. The highest BCUT2D eigenvalue weighted by molar-refractivity contribution is 6.31. The normalized spacial score (nSPS) is 23.5. The fourth-order valence-electron chi connectivity index (χ4n) is 6.80. The van der Waals surface area contributed by atoms with Crippen molar-refractivity contribution >= 4 is 23.1 Å². The topological polar surface area (TPSA) is 133 Å². The van der Waals surface area contributed by atoms with Gasteiger partial charge in [0.1, 0.15) is 24.4 Å². The number of halogens is 3. The van der Waals surface area contributed by atoms with E-state index in [9.17, 15) is 4.79 Å². The lowest BCUT2D eigenvalue weighted by Crippen LogP contribution is -2.39. The number of rotatable bonds is 9. The first-order valence-corrected chi connectivity index (χ1v) is 16.1. The van der Waals surface area contributed by atoms with Crippen LogP contribution >= 0.6 is 11.6 Å². The lowest BCUT2D eigenvalue weighted by molar-refractivity contribution is -0.202. The van der Waals surface area contributed by atoms with Crippen molar-refractivity contribution in [2.45, 2.75) is 75.3 Å². The number of H-pyrrole nitrogens is 1. The minimum absolute atomic E-state index is 0.0636. The summed E-state index contributed by atoms with van der Waals surface area (Å²) in [5.41, 5.74) is 1.30. The largest absolute Gasteiger partial charge is 0.473 e. The van der Waals surface area contributed by atoms with Crippen LogP contribution in [0.5, 0.6) is 5.88 Å². The molecule has 3 aromatic heterocycles. The number of fused-ring (bicyclic) bond motifs is 1. The Hall–Kier alpha value is -4.27. The van der Waals surface area contributed by atoms with Crippen LogP contribution in [0.2, 0.25) is 5.02 Å². The van der Waals surface area contributed by atoms with E-state index in [-0.39, 0.29) is 52.9 Å². The second-order valence-corrected chi connectivity index (χ2v) is 12.8. The molecule has 47 heavy (non-hydrogen) atoms. The Morgan fingerprint density at radius 1 is 1.11 bits per heavy atom. The first kappa shape index (κ1) is 30.1. The van der Waals surface area contributed by atoms with Gasteiger partial charge in [-0.2, -0.15) is 4.68 Å². The first-order chi connectivity index (χ1) is 22.9. The molecule has 244 valence electrons. The number of aromatic amines is 1. The van der Waals surface area contributed by atoms with Gasteiger partial charge in [0, 0.05) is 36.0 Å². The van der Waals surface area contributed by atoms with Gasteiger partial charge in [-0.15, -0.1) is 5.10 Å². The molecule has 3 fully saturated rings. The number of carbonyl (C=O) groups is 1. The van der Waals surface area contributed by atoms with Crippen LogP contribution in [0.4, 0.5) is 8.78 Å². The van der Waals surface area contributed by atoms with E-state index in [1.165, 1.54) is 29.3 Å². The van der Waals surface area contributed by atoms with Gasteiger partial charge in [-0.1, -0.05) is 11.6 Å². The van der Waals surface area contributed by atoms with Crippen molar-refractivity contribution in [1.29, 1.82) is 0 Å². The second kappa shape index (κ2) is 12.1. The summed E-state index contributed by atoms with van der Waals surface area (Å²) in [6.07, 6.45) is 11.9. The standard InChI is InChI=1S/C32H31ClF2N8O4/c33-21-5-7-23(42-17-38-40-41-42)27(29(21)35)18-13-19-4-6-24(43(19)25(44)14-18)30-37-15-22(39-30)20-8-11-36-31(28(20)34)46-16-32(9-10-32)47-26-3-1-2-12-45-26/h5,7-8,11,14-15,17,19,24,26H,1-4,6,9-10,12-13,16H2,(H,37,39)/t19?,24-,26?/m0/s1. The summed E-state index contributed by atoms with van der Waals surface area (Å²) in [5.74, 6) is -1.11. The van der Waals surface area contributed by atoms with Crippen LogP contribution in [0.3, 0.4) is 0 Å². The van der Waals surface area contributed by atoms with Gasteiger partial charge in [-0.05, 0) is 85.6 Å². The molecule has 3 aliphatic heterocycles. The van der Waals surface area contributed by atoms with Gasteiger partial charge in [0.05, 0.1) is 28.6 Å². The third kappa shape index (κ3) is 5.68. The molecule has 1 N–H and O–H groups in total. The van der Waals surface area contributed by atoms with Crippen molar-refractivity contribution in [3.05, 3.63) is 71.0 Å². The van der Waals surface area contributed by atoms with Gasteiger partial charge in [-0.3, -0.25) is 4.79 Å². The lowest BCUT2D eigenvalue weighted by Gasteiger charge is -2.33. The summed E-state index contributed by atoms with van der Waals surface area (Å²) >= 11 is 6.15. The number of hydrogen-bond donors (Lipinski definition) is 1. The molecule has 1 amide bonds. The van der Waals surface area contributed by atoms with E-state index in [2.05, 4.69) is 30.5 Å². The first-order valence-electron chi connectivity index (χ1n) is 15.8. The number of amides is 1. The Balaban J connectivity index is 0.995. The lowest BCUT2D eigenvalue weighted by atomic mass is 9.92. The number of tetrazole rings is 1. The van der Waals surface area contributed by atoms with E-state index >= 15 is 8.78 Å². The summed E-state index contributed by atoms with van der Waals surface area (Å²) in [6, 6.07) is 4.04. The van der Waals surface area contributed by atoms with Crippen LogP contribution in [0.25, 0.3) is 22.5 Å². The summed E-state index contributed by atoms with van der Waals surface area (Å²) in [5, 5.41) is 11.1. The number of aromatic nitrogens is 7. The summed E-state index contributed by atoms with van der Waals surface area (Å²) < 4.78 is 50.2. The number of pyridine rings is 1. The van der Waals surface area contributed by atoms with Crippen LogP contribution in [-0.2, 0) is 14.3 Å². The monoisotopic (exact) mass is 664 g/mol. The molecule has 0 radical (unpaired) electrons. The van der Waals surface area contributed by atoms with E-state index in [4.69, 9.17) is 25.8 Å². The molecule has 0 bridgehead atoms. The van der Waals surface area contributed by atoms with Gasteiger partial charge in [0.2, 0.25) is 5.91 Å². The van der Waals surface area contributed by atoms with E-state index in [0.29, 0.717) is 48.6 Å². The molecule has 3 atom stereocenters. The zero-order chi connectivity index (χ0) is 32.1. The molecule has 1 aliphatic carbocycles. The fourth-order valence-corrected chi connectivity index (χ4v) is 6.96. The van der Waals surface area contributed by atoms with Crippen molar-refractivity contribution in [2.75, 3.05) is 13.2 Å². The van der Waals surface area contributed by atoms with Crippen LogP contribution < -0.4 is 4.74 Å². The summed E-state index contributed by atoms with van der Waals surface area (Å²) in [7, 11) is 0. The zero-order valence-corrected chi connectivity index (χ0v) is 26.0. The number of imidazole rings is 1. The Morgan fingerprint density at radius 3 is 2.79 bits per heavy atom. The molecule has 12 nitrogen and oxygen atoms in total. The van der Waals surface area contributed by atoms with E-state index < -0.39 is 17.2 Å². The smallest absolute Gasteiger partial charge is 0.251 e. The Bertz CT molecular complexity index is 1840. The third-order valence-corrected chi connectivity index (χ3v) is 9.65. The van der Waals surface area contributed by atoms with Gasteiger partial charge in [0.15, 0.2) is 17.9 Å². The summed E-state index contributed by atoms with van der Waals surface area (Å²) in [4.78, 5) is 27.3. The third-order valence-electron chi connectivity index (χ3n) is 9.36. The number of nitrogens with zero attached hydrogens (tertiary/aromatic N) is 7. The van der Waals surface area contributed by atoms with Gasteiger partial charge in [-0.25, -0.2) is 18.7 Å². The zero-order valence-electron chi connectivity index (χ0n) is 25.2. The van der Waals surface area contributed by atoms with Crippen LogP contribution in [0.1, 0.15) is 68.8 Å². The predicted octanol–water partition coefficient (Wildman–Crippen LogP) is 5.35. The molecular weight excluding hydrogens is 634 g/mol. The highest BCUT2D eigenvalue weighted by Gasteiger charge is 2.48. The highest BCUT2D eigenvalue weighted by atomic mass is 35.5. The van der Waals surface area contributed by atoms with E-state index in [1.54, 1.807) is 23.2 Å². The SMILES string of the molecule is O=C1C=C(c2c(-n3cnnn3)ccc(Cl)c2F)CC2CC[C@@H](c3ncc(-c4ccnc(OCC5(OC6CCCCO6)CC5)c4F)[nH]3)N12. The van der Waals surface area contributed by atoms with Crippen molar-refractivity contribution in [1.82, 2.24) is 40.1 Å². The molecule has 0 spiro atoms. The number of benzene rings is 1. The Kier molecular flexibility index (Phi) is 7.73. The van der Waals surface area contributed by atoms with Crippen molar-refractivity contribution in [3.8, 4) is 22.8 Å². The van der Waals surface area contributed by atoms with E-state index in [1.807, 2.05) is 0 Å². The second-order valence-electron chi connectivity index (χ2n) is 12.4. The van der Waals surface area contributed by atoms with Gasteiger partial charge in [0.25, 0.3) is 5.88 Å². The van der Waals surface area contributed by atoms with Crippen molar-refractivity contribution in [2.24, 2.45) is 0 Å². The molecule has 4 aliphatic rings. The van der Waals surface area contributed by atoms with Crippen LogP contribution in [0.15, 0.2) is 43.0 Å². The Morgan fingerprint density at radius 2 is 2.00 bits per heavy atom. The molecular formula is C32H31ClF2N8O4. The minimum atomic E-state index is -0.641. The maximum atomic E-state index is 15.7. The van der Waals surface area contributed by atoms with Gasteiger partial charge >= 0.3 is 0 Å². The molecule has 1 aromatic carbocycles. The average molecular weight is 665 g/mol. The number of ether oxygens (including phenoxy) is 3. The maximum absolute atomic E-state index is 15.7. The number of hydrogen-bond acceptors (Lipinski definition) is 9. The Labute approximate surface area is 273 Å². The average Bonchev–Trinajstić information content (AvgIpc) is 3.50. The van der Waals surface area contributed by atoms with Gasteiger partial charge < -0.3 is 24.1 Å². The van der Waals surface area contributed by atoms with E-state index in [0.717, 1.165) is 32.1 Å². The van der Waals surface area contributed by atoms with Crippen molar-refractivity contribution in [3.63, 3.8) is 0 Å². The highest BCUT2D eigenvalue weighted by Crippen LogP contribution is 2.45. The van der Waals surface area contributed by atoms with Crippen LogP contribution in [0, 0.1) is 11.6 Å². The van der Waals surface area contributed by atoms with Crippen LogP contribution in [-0.4, -0.2) is 77.1 Å². The maximum Gasteiger partial charge on any atom is 0.251 e. The number of carbonyl (C=O) groups excluding carboxylic acids is 1.